The molecule has 0 aliphatic carbocycles. The standard InChI is InChI=1S/C18H18N6O.2C2H6/c1-11-10-16(24-18(20)21-11)22-14-6-8-15(9-7-14)23-17(25)12-2-4-13(19)5-3-12;2*1-2/h2-10H,19H2,1H3,(H,23,25)(H3,20,21,22,24);2*1-2H3. The fourth-order valence-corrected chi connectivity index (χ4v) is 2.28. The first-order valence-corrected chi connectivity index (χ1v) is 9.65. The van der Waals surface area contributed by atoms with Crippen molar-refractivity contribution >= 4 is 34.7 Å². The molecule has 7 nitrogen and oxygen atoms in total. The third-order valence-electron chi connectivity index (χ3n) is 3.46. The Morgan fingerprint density at radius 2 is 1.38 bits per heavy atom. The molecule has 0 saturated carbocycles. The first kappa shape index (κ1) is 23.4. The van der Waals surface area contributed by atoms with E-state index in [9.17, 15) is 4.79 Å². The van der Waals surface area contributed by atoms with Crippen molar-refractivity contribution in [1.29, 1.82) is 0 Å². The molecule has 3 rings (SSSR count). The zero-order valence-electron chi connectivity index (χ0n) is 17.7. The van der Waals surface area contributed by atoms with Gasteiger partial charge in [0.2, 0.25) is 5.95 Å². The molecule has 0 aliphatic heterocycles. The van der Waals surface area contributed by atoms with E-state index in [2.05, 4.69) is 20.6 Å². The quantitative estimate of drug-likeness (QED) is 0.462. The molecule has 0 saturated heterocycles. The van der Waals surface area contributed by atoms with Crippen molar-refractivity contribution in [2.45, 2.75) is 34.6 Å². The first-order chi connectivity index (χ1) is 14.0. The molecule has 0 spiro atoms. The molecule has 3 aromatic rings. The van der Waals surface area contributed by atoms with Gasteiger partial charge >= 0.3 is 0 Å². The van der Waals surface area contributed by atoms with E-state index in [0.717, 1.165) is 11.4 Å². The van der Waals surface area contributed by atoms with Crippen LogP contribution in [0.3, 0.4) is 0 Å². The highest BCUT2D eigenvalue weighted by molar-refractivity contribution is 6.04. The molecule has 6 N–H and O–H groups in total. The van der Waals surface area contributed by atoms with Gasteiger partial charge in [0.05, 0.1) is 0 Å². The zero-order chi connectivity index (χ0) is 21.8. The van der Waals surface area contributed by atoms with Gasteiger partial charge in [-0.3, -0.25) is 4.79 Å². The molecule has 1 aromatic heterocycles. The number of carbonyl (C=O) groups is 1. The third kappa shape index (κ3) is 7.50. The minimum Gasteiger partial charge on any atom is -0.399 e. The van der Waals surface area contributed by atoms with Crippen LogP contribution in [0.1, 0.15) is 43.7 Å². The van der Waals surface area contributed by atoms with Gasteiger partial charge in [-0.1, -0.05) is 27.7 Å². The zero-order valence-corrected chi connectivity index (χ0v) is 17.7. The Balaban J connectivity index is 0.000000989. The van der Waals surface area contributed by atoms with Crippen LogP contribution >= 0.6 is 0 Å². The lowest BCUT2D eigenvalue weighted by atomic mass is 10.2. The van der Waals surface area contributed by atoms with E-state index < -0.39 is 0 Å². The van der Waals surface area contributed by atoms with Gasteiger partial charge in [0.1, 0.15) is 5.82 Å². The summed E-state index contributed by atoms with van der Waals surface area (Å²) in [5, 5.41) is 5.98. The summed E-state index contributed by atoms with van der Waals surface area (Å²) in [5.41, 5.74) is 14.7. The number of amides is 1. The van der Waals surface area contributed by atoms with E-state index in [1.165, 1.54) is 0 Å². The van der Waals surface area contributed by atoms with E-state index in [1.54, 1.807) is 42.5 Å². The number of aryl methyl sites for hydroxylation is 1. The monoisotopic (exact) mass is 394 g/mol. The highest BCUT2D eigenvalue weighted by Gasteiger charge is 2.06. The van der Waals surface area contributed by atoms with Gasteiger partial charge in [-0.05, 0) is 55.5 Å². The van der Waals surface area contributed by atoms with Crippen molar-refractivity contribution in [3.63, 3.8) is 0 Å². The number of nitrogen functional groups attached to an aromatic ring is 2. The summed E-state index contributed by atoms with van der Waals surface area (Å²) in [4.78, 5) is 20.3. The van der Waals surface area contributed by atoms with Crippen LogP contribution in [-0.2, 0) is 0 Å². The molecular weight excluding hydrogens is 364 g/mol. The Morgan fingerprint density at radius 1 is 0.828 bits per heavy atom. The van der Waals surface area contributed by atoms with Gasteiger partial charge in [0.25, 0.3) is 5.91 Å². The molecule has 0 aliphatic rings. The first-order valence-electron chi connectivity index (χ1n) is 9.65. The second kappa shape index (κ2) is 12.0. The van der Waals surface area contributed by atoms with Gasteiger partial charge in [-0.15, -0.1) is 0 Å². The maximum atomic E-state index is 12.2. The Labute approximate surface area is 172 Å². The molecule has 7 heteroatoms. The maximum Gasteiger partial charge on any atom is 0.255 e. The van der Waals surface area contributed by atoms with E-state index in [4.69, 9.17) is 11.5 Å². The Hall–Kier alpha value is -3.61. The number of hydrogen-bond acceptors (Lipinski definition) is 6. The molecule has 0 bridgehead atoms. The molecule has 0 atom stereocenters. The molecule has 0 fully saturated rings. The second-order valence-corrected chi connectivity index (χ2v) is 5.53. The smallest absolute Gasteiger partial charge is 0.255 e. The van der Waals surface area contributed by atoms with Crippen LogP contribution in [0, 0.1) is 6.92 Å². The molecule has 1 heterocycles. The highest BCUT2D eigenvalue weighted by atomic mass is 16.1. The average Bonchev–Trinajstić information content (AvgIpc) is 2.72. The molecule has 1 amide bonds. The second-order valence-electron chi connectivity index (χ2n) is 5.53. The molecule has 154 valence electrons. The Morgan fingerprint density at radius 3 is 1.93 bits per heavy atom. The van der Waals surface area contributed by atoms with Crippen LogP contribution in [0.25, 0.3) is 0 Å². The number of benzene rings is 2. The molecule has 0 radical (unpaired) electrons. The fraction of sp³-hybridized carbons (Fsp3) is 0.227. The predicted octanol–water partition coefficient (Wildman–Crippen LogP) is 5.00. The number of aromatic nitrogens is 2. The van der Waals surface area contributed by atoms with Crippen molar-refractivity contribution in [3.8, 4) is 0 Å². The molecule has 2 aromatic carbocycles. The van der Waals surface area contributed by atoms with Crippen LogP contribution in [0.4, 0.5) is 28.8 Å². The van der Waals surface area contributed by atoms with Gasteiger partial charge in [-0.2, -0.15) is 4.98 Å². The SMILES string of the molecule is CC.CC.Cc1cc(Nc2ccc(NC(=O)c3ccc(N)cc3)cc2)nc(N)n1. The lowest BCUT2D eigenvalue weighted by molar-refractivity contribution is 0.102. The van der Waals surface area contributed by atoms with Crippen molar-refractivity contribution in [1.82, 2.24) is 9.97 Å². The fourth-order valence-electron chi connectivity index (χ4n) is 2.28. The number of nitrogens with zero attached hydrogens (tertiary/aromatic N) is 2. The van der Waals surface area contributed by atoms with Crippen LogP contribution in [0.5, 0.6) is 0 Å². The number of hydrogen-bond donors (Lipinski definition) is 4. The van der Waals surface area contributed by atoms with E-state index >= 15 is 0 Å². The summed E-state index contributed by atoms with van der Waals surface area (Å²) >= 11 is 0. The number of nitrogens with two attached hydrogens (primary N) is 2. The third-order valence-corrected chi connectivity index (χ3v) is 3.46. The van der Waals surface area contributed by atoms with E-state index in [0.29, 0.717) is 22.8 Å². The molecule has 0 unspecified atom stereocenters. The van der Waals surface area contributed by atoms with E-state index in [-0.39, 0.29) is 11.9 Å². The average molecular weight is 395 g/mol. The van der Waals surface area contributed by atoms with Crippen LogP contribution in [0.2, 0.25) is 0 Å². The minimum absolute atomic E-state index is 0.195. The maximum absolute atomic E-state index is 12.2. The molecular formula is C22H30N6O. The topological polar surface area (TPSA) is 119 Å². The van der Waals surface area contributed by atoms with Crippen LogP contribution in [0.15, 0.2) is 54.6 Å². The summed E-state index contributed by atoms with van der Waals surface area (Å²) in [7, 11) is 0. The number of rotatable bonds is 4. The lowest BCUT2D eigenvalue weighted by Gasteiger charge is -2.09. The van der Waals surface area contributed by atoms with Crippen molar-refractivity contribution in [3.05, 3.63) is 65.9 Å². The molecule has 29 heavy (non-hydrogen) atoms. The Bertz CT molecular complexity index is 872. The van der Waals surface area contributed by atoms with Gasteiger partial charge in [-0.25, -0.2) is 4.98 Å². The lowest BCUT2D eigenvalue weighted by Crippen LogP contribution is -2.11. The van der Waals surface area contributed by atoms with Gasteiger partial charge in [0, 0.05) is 34.4 Å². The largest absolute Gasteiger partial charge is 0.399 e. The van der Waals surface area contributed by atoms with Crippen LogP contribution < -0.4 is 22.1 Å². The van der Waals surface area contributed by atoms with Gasteiger partial charge < -0.3 is 22.1 Å². The summed E-state index contributed by atoms with van der Waals surface area (Å²) in [6.07, 6.45) is 0. The normalized spacial score (nSPS) is 9.28. The highest BCUT2D eigenvalue weighted by Crippen LogP contribution is 2.19. The summed E-state index contributed by atoms with van der Waals surface area (Å²) < 4.78 is 0. The van der Waals surface area contributed by atoms with E-state index in [1.807, 2.05) is 46.8 Å². The van der Waals surface area contributed by atoms with Crippen molar-refractivity contribution in [2.24, 2.45) is 0 Å². The minimum atomic E-state index is -0.195. The number of nitrogens with one attached hydrogen (secondary N) is 2. The summed E-state index contributed by atoms with van der Waals surface area (Å²) in [6, 6.07) is 15.8. The predicted molar refractivity (Wildman–Crippen MR) is 122 cm³/mol. The summed E-state index contributed by atoms with van der Waals surface area (Å²) in [6.45, 7) is 9.85. The summed E-state index contributed by atoms with van der Waals surface area (Å²) in [5.74, 6) is 0.637. The Kier molecular flexibility index (Phi) is 9.67. The van der Waals surface area contributed by atoms with Crippen molar-refractivity contribution in [2.75, 3.05) is 22.1 Å². The number of carbonyl (C=O) groups excluding carboxylic acids is 1. The van der Waals surface area contributed by atoms with Gasteiger partial charge in [0.15, 0.2) is 0 Å². The van der Waals surface area contributed by atoms with Crippen molar-refractivity contribution < 1.29 is 4.79 Å². The van der Waals surface area contributed by atoms with Crippen LogP contribution in [-0.4, -0.2) is 15.9 Å². The number of anilines is 5.